The molecule has 66 valence electrons. The minimum atomic E-state index is -0.920. The zero-order valence-electron chi connectivity index (χ0n) is 6.73. The summed E-state index contributed by atoms with van der Waals surface area (Å²) in [7, 11) is 1.44. The summed E-state index contributed by atoms with van der Waals surface area (Å²) in [6, 6.07) is 0. The summed E-state index contributed by atoms with van der Waals surface area (Å²) in [5.41, 5.74) is 0. The highest BCUT2D eigenvalue weighted by Crippen LogP contribution is 2.19. The van der Waals surface area contributed by atoms with Crippen molar-refractivity contribution in [2.45, 2.75) is 37.9 Å². The van der Waals surface area contributed by atoms with Gasteiger partial charge in [-0.15, -0.1) is 0 Å². The van der Waals surface area contributed by atoms with Crippen molar-refractivity contribution in [3.8, 4) is 0 Å². The Balaban J connectivity index is 2.51. The lowest BCUT2D eigenvalue weighted by Crippen LogP contribution is -2.48. The number of rotatable bonds is 1. The molecule has 0 aromatic carbocycles. The number of aliphatic hydroxyl groups excluding tert-OH is 2. The zero-order valence-corrected chi connectivity index (χ0v) is 6.73. The summed E-state index contributed by atoms with van der Waals surface area (Å²) in [6.07, 6.45) is -1.94. The normalized spacial score (nSPS) is 45.8. The molecule has 1 fully saturated rings. The highest BCUT2D eigenvalue weighted by molar-refractivity contribution is 4.78. The van der Waals surface area contributed by atoms with Gasteiger partial charge >= 0.3 is 0 Å². The molecule has 0 radical (unpaired) electrons. The summed E-state index contributed by atoms with van der Waals surface area (Å²) in [6.45, 7) is 1.83. The Hall–Kier alpha value is -0.160. The molecule has 4 nitrogen and oxygen atoms in total. The molecule has 0 saturated carbocycles. The third-order valence-corrected chi connectivity index (χ3v) is 1.85. The van der Waals surface area contributed by atoms with E-state index in [-0.39, 0.29) is 6.10 Å². The van der Waals surface area contributed by atoms with E-state index in [0.29, 0.717) is 6.42 Å². The van der Waals surface area contributed by atoms with Crippen LogP contribution in [0.2, 0.25) is 0 Å². The number of ether oxygens (including phenoxy) is 2. The molecule has 1 aliphatic rings. The molecule has 2 N–H and O–H groups in total. The highest BCUT2D eigenvalue weighted by atomic mass is 16.7. The Morgan fingerprint density at radius 1 is 1.45 bits per heavy atom. The van der Waals surface area contributed by atoms with Gasteiger partial charge in [0.2, 0.25) is 0 Å². The molecule has 4 heteroatoms. The summed E-state index contributed by atoms with van der Waals surface area (Å²) in [5, 5.41) is 18.5. The van der Waals surface area contributed by atoms with Crippen molar-refractivity contribution < 1.29 is 19.7 Å². The van der Waals surface area contributed by atoms with Gasteiger partial charge in [-0.05, 0) is 6.92 Å². The second-order valence-electron chi connectivity index (χ2n) is 2.84. The van der Waals surface area contributed by atoms with Gasteiger partial charge in [-0.1, -0.05) is 0 Å². The van der Waals surface area contributed by atoms with Crippen LogP contribution in [0.1, 0.15) is 13.3 Å². The van der Waals surface area contributed by atoms with Gasteiger partial charge in [0.05, 0.1) is 12.2 Å². The average molecular weight is 162 g/mol. The van der Waals surface area contributed by atoms with E-state index < -0.39 is 18.5 Å². The Morgan fingerprint density at radius 2 is 2.09 bits per heavy atom. The second kappa shape index (κ2) is 3.49. The SMILES string of the molecule is CO[C@H]1OC(C)C[C@@H](O)[C@@H]1O. The molecule has 0 aromatic heterocycles. The van der Waals surface area contributed by atoms with E-state index in [1.807, 2.05) is 6.92 Å². The number of methoxy groups -OCH3 is 1. The van der Waals surface area contributed by atoms with E-state index in [9.17, 15) is 10.2 Å². The molecular formula is C7H14O4. The predicted molar refractivity (Wildman–Crippen MR) is 38.0 cm³/mol. The lowest BCUT2D eigenvalue weighted by Gasteiger charge is -2.34. The minimum Gasteiger partial charge on any atom is -0.390 e. The molecule has 0 amide bonds. The van der Waals surface area contributed by atoms with Crippen LogP contribution in [0.4, 0.5) is 0 Å². The quantitative estimate of drug-likeness (QED) is 0.545. The molecule has 1 heterocycles. The lowest BCUT2D eigenvalue weighted by atomic mass is 10.0. The molecule has 0 aliphatic carbocycles. The summed E-state index contributed by atoms with van der Waals surface area (Å²) >= 11 is 0. The Morgan fingerprint density at radius 3 is 2.64 bits per heavy atom. The third-order valence-electron chi connectivity index (χ3n) is 1.85. The van der Waals surface area contributed by atoms with Gasteiger partial charge in [0.1, 0.15) is 6.10 Å². The van der Waals surface area contributed by atoms with Crippen LogP contribution in [0.5, 0.6) is 0 Å². The van der Waals surface area contributed by atoms with Gasteiger partial charge in [0.25, 0.3) is 0 Å². The molecule has 1 aliphatic heterocycles. The maximum atomic E-state index is 9.26. The van der Waals surface area contributed by atoms with Gasteiger partial charge in [0, 0.05) is 13.5 Å². The van der Waals surface area contributed by atoms with E-state index >= 15 is 0 Å². The fourth-order valence-corrected chi connectivity index (χ4v) is 1.22. The smallest absolute Gasteiger partial charge is 0.185 e. The first-order valence-electron chi connectivity index (χ1n) is 3.69. The van der Waals surface area contributed by atoms with Crippen LogP contribution < -0.4 is 0 Å². The predicted octanol–water partition coefficient (Wildman–Crippen LogP) is -0.510. The Labute approximate surface area is 65.7 Å². The monoisotopic (exact) mass is 162 g/mol. The maximum absolute atomic E-state index is 9.26. The van der Waals surface area contributed by atoms with Crippen molar-refractivity contribution in [2.75, 3.05) is 7.11 Å². The van der Waals surface area contributed by atoms with E-state index in [1.165, 1.54) is 7.11 Å². The fraction of sp³-hybridized carbons (Fsp3) is 1.00. The van der Waals surface area contributed by atoms with Crippen molar-refractivity contribution in [1.82, 2.24) is 0 Å². The molecular weight excluding hydrogens is 148 g/mol. The van der Waals surface area contributed by atoms with Crippen LogP contribution in [0.25, 0.3) is 0 Å². The standard InChI is InChI=1S/C7H14O4/c1-4-3-5(8)6(9)7(10-2)11-4/h4-9H,3H2,1-2H3/t4?,5-,6+,7+/m1/s1. The molecule has 1 unspecified atom stereocenters. The molecule has 11 heavy (non-hydrogen) atoms. The highest BCUT2D eigenvalue weighted by Gasteiger charge is 2.34. The zero-order chi connectivity index (χ0) is 8.43. The first kappa shape index (κ1) is 8.93. The van der Waals surface area contributed by atoms with Crippen molar-refractivity contribution in [2.24, 2.45) is 0 Å². The van der Waals surface area contributed by atoms with Crippen molar-refractivity contribution in [1.29, 1.82) is 0 Å². The number of aliphatic hydroxyl groups is 2. The summed E-state index contributed by atoms with van der Waals surface area (Å²) in [4.78, 5) is 0. The van der Waals surface area contributed by atoms with Gasteiger partial charge < -0.3 is 19.7 Å². The van der Waals surface area contributed by atoms with E-state index in [2.05, 4.69) is 0 Å². The summed E-state index contributed by atoms with van der Waals surface area (Å²) < 4.78 is 10.00. The van der Waals surface area contributed by atoms with E-state index in [1.54, 1.807) is 0 Å². The molecule has 4 atom stereocenters. The second-order valence-corrected chi connectivity index (χ2v) is 2.84. The minimum absolute atomic E-state index is 0.0571. The molecule has 1 rings (SSSR count). The molecule has 0 aromatic rings. The van der Waals surface area contributed by atoms with Crippen LogP contribution >= 0.6 is 0 Å². The van der Waals surface area contributed by atoms with E-state index in [0.717, 1.165) is 0 Å². The van der Waals surface area contributed by atoms with Crippen LogP contribution in [-0.4, -0.2) is 41.9 Å². The maximum Gasteiger partial charge on any atom is 0.185 e. The van der Waals surface area contributed by atoms with Gasteiger partial charge in [-0.2, -0.15) is 0 Å². The van der Waals surface area contributed by atoms with Crippen molar-refractivity contribution in [3.63, 3.8) is 0 Å². The fourth-order valence-electron chi connectivity index (χ4n) is 1.22. The first-order chi connectivity index (χ1) is 5.15. The van der Waals surface area contributed by atoms with E-state index in [4.69, 9.17) is 9.47 Å². The van der Waals surface area contributed by atoms with Crippen LogP contribution in [0.15, 0.2) is 0 Å². The van der Waals surface area contributed by atoms with Crippen molar-refractivity contribution >= 4 is 0 Å². The largest absolute Gasteiger partial charge is 0.390 e. The lowest BCUT2D eigenvalue weighted by molar-refractivity contribution is -0.254. The molecule has 1 saturated heterocycles. The topological polar surface area (TPSA) is 58.9 Å². The van der Waals surface area contributed by atoms with Crippen LogP contribution in [0.3, 0.4) is 0 Å². The number of hydrogen-bond donors (Lipinski definition) is 2. The third kappa shape index (κ3) is 1.90. The van der Waals surface area contributed by atoms with Crippen LogP contribution in [0, 0.1) is 0 Å². The van der Waals surface area contributed by atoms with Crippen LogP contribution in [-0.2, 0) is 9.47 Å². The van der Waals surface area contributed by atoms with Gasteiger partial charge in [-0.3, -0.25) is 0 Å². The molecule has 0 spiro atoms. The number of hydrogen-bond acceptors (Lipinski definition) is 4. The summed E-state index contributed by atoms with van der Waals surface area (Å²) in [5.74, 6) is 0. The Bertz CT molecular complexity index is 128. The van der Waals surface area contributed by atoms with Gasteiger partial charge in [-0.25, -0.2) is 0 Å². The first-order valence-corrected chi connectivity index (χ1v) is 3.69. The molecule has 0 bridgehead atoms. The van der Waals surface area contributed by atoms with Crippen molar-refractivity contribution in [3.05, 3.63) is 0 Å². The Kier molecular flexibility index (Phi) is 2.84. The average Bonchev–Trinajstić information content (AvgIpc) is 1.96. The van der Waals surface area contributed by atoms with Gasteiger partial charge in [0.15, 0.2) is 6.29 Å².